The minimum atomic E-state index is 0.689. The Hall–Kier alpha value is -0.910. The molecule has 0 unspecified atom stereocenters. The minimum absolute atomic E-state index is 0.689. The van der Waals surface area contributed by atoms with Crippen LogP contribution in [0, 0.1) is 5.92 Å². The van der Waals surface area contributed by atoms with E-state index in [4.69, 9.17) is 4.74 Å². The molecule has 1 aromatic heterocycles. The molecule has 2 fully saturated rings. The second kappa shape index (κ2) is 7.32. The summed E-state index contributed by atoms with van der Waals surface area (Å²) in [5.74, 6) is 0.692. The molecular weight excluding hydrogens is 288 g/mol. The highest BCUT2D eigenvalue weighted by molar-refractivity contribution is 5.03. The van der Waals surface area contributed by atoms with E-state index < -0.39 is 0 Å². The van der Waals surface area contributed by atoms with Crippen LogP contribution in [0.3, 0.4) is 0 Å². The van der Waals surface area contributed by atoms with E-state index in [0.29, 0.717) is 12.0 Å². The quantitative estimate of drug-likeness (QED) is 0.853. The normalized spacial score (nSPS) is 28.4. The molecule has 3 aliphatic heterocycles. The first-order chi connectivity index (χ1) is 11.4. The molecule has 0 amide bonds. The first kappa shape index (κ1) is 15.6. The summed E-state index contributed by atoms with van der Waals surface area (Å²) < 4.78 is 7.83. The molecule has 0 spiro atoms. The lowest BCUT2D eigenvalue weighted by atomic mass is 10.0. The van der Waals surface area contributed by atoms with E-state index in [2.05, 4.69) is 25.6 Å². The molecule has 0 radical (unpaired) electrons. The number of rotatable bonds is 3. The average molecular weight is 318 g/mol. The molecule has 0 aliphatic carbocycles. The predicted octanol–water partition coefficient (Wildman–Crippen LogP) is 1.98. The third-order valence-electron chi connectivity index (χ3n) is 5.77. The fourth-order valence-corrected chi connectivity index (χ4v) is 4.52. The van der Waals surface area contributed by atoms with Crippen molar-refractivity contribution in [1.82, 2.24) is 19.6 Å². The molecule has 4 heterocycles. The molecule has 0 aromatic carbocycles. The zero-order valence-corrected chi connectivity index (χ0v) is 14.2. The Kier molecular flexibility index (Phi) is 4.97. The third-order valence-corrected chi connectivity index (χ3v) is 5.77. The van der Waals surface area contributed by atoms with Crippen LogP contribution in [-0.4, -0.2) is 65.0 Å². The van der Waals surface area contributed by atoms with Crippen LogP contribution in [0.25, 0.3) is 0 Å². The molecule has 1 atom stereocenters. The number of hydrogen-bond donors (Lipinski definition) is 0. The molecule has 0 N–H and O–H groups in total. The van der Waals surface area contributed by atoms with Crippen LogP contribution in [0.5, 0.6) is 0 Å². The van der Waals surface area contributed by atoms with Gasteiger partial charge in [-0.15, -0.1) is 0 Å². The van der Waals surface area contributed by atoms with Crippen molar-refractivity contribution >= 4 is 0 Å². The van der Waals surface area contributed by atoms with Gasteiger partial charge >= 0.3 is 0 Å². The van der Waals surface area contributed by atoms with Gasteiger partial charge in [0, 0.05) is 57.5 Å². The summed E-state index contributed by atoms with van der Waals surface area (Å²) in [6.07, 6.45) is 8.52. The summed E-state index contributed by atoms with van der Waals surface area (Å²) in [4.78, 5) is 5.41. The van der Waals surface area contributed by atoms with Crippen LogP contribution in [0.1, 0.15) is 37.8 Å². The Labute approximate surface area is 139 Å². The molecule has 3 aliphatic rings. The van der Waals surface area contributed by atoms with Gasteiger partial charge in [-0.2, -0.15) is 5.10 Å². The topological polar surface area (TPSA) is 33.5 Å². The molecule has 5 heteroatoms. The van der Waals surface area contributed by atoms with Gasteiger partial charge in [0.1, 0.15) is 0 Å². The lowest BCUT2D eigenvalue weighted by Gasteiger charge is -2.36. The van der Waals surface area contributed by atoms with Crippen molar-refractivity contribution in [1.29, 1.82) is 0 Å². The molecule has 0 saturated carbocycles. The van der Waals surface area contributed by atoms with E-state index in [1.807, 2.05) is 6.20 Å². The first-order valence-electron chi connectivity index (χ1n) is 9.43. The van der Waals surface area contributed by atoms with Crippen molar-refractivity contribution < 1.29 is 4.74 Å². The molecular formula is C18H30N4O. The van der Waals surface area contributed by atoms with Crippen molar-refractivity contribution in [3.05, 3.63) is 18.0 Å². The summed E-state index contributed by atoms with van der Waals surface area (Å²) in [5, 5.41) is 4.59. The highest BCUT2D eigenvalue weighted by Crippen LogP contribution is 2.24. The Morgan fingerprint density at radius 2 is 1.91 bits per heavy atom. The van der Waals surface area contributed by atoms with Crippen molar-refractivity contribution in [2.24, 2.45) is 5.92 Å². The summed E-state index contributed by atoms with van der Waals surface area (Å²) in [6.45, 7) is 9.02. The van der Waals surface area contributed by atoms with Gasteiger partial charge in [-0.3, -0.25) is 9.58 Å². The number of nitrogens with zero attached hydrogens (tertiary/aromatic N) is 4. The lowest BCUT2D eigenvalue weighted by molar-refractivity contribution is 0.0236. The van der Waals surface area contributed by atoms with Crippen LogP contribution in [-0.2, 0) is 17.8 Å². The Balaban J connectivity index is 1.47. The van der Waals surface area contributed by atoms with Gasteiger partial charge in [0.2, 0.25) is 0 Å². The molecule has 0 bridgehead atoms. The van der Waals surface area contributed by atoms with Gasteiger partial charge in [0.15, 0.2) is 0 Å². The standard InChI is InChI=1S/C18H30N4O/c1-2-8-20(9-3-1)12-16-13-21(17-5-10-23-11-6-17)15-18-4-7-19-22(18)14-16/h4,7,16-17H,1-3,5-6,8-15H2/t16-/m0/s1. The van der Waals surface area contributed by atoms with E-state index >= 15 is 0 Å². The van der Waals surface area contributed by atoms with Gasteiger partial charge in [0.05, 0.1) is 5.69 Å². The van der Waals surface area contributed by atoms with Crippen molar-refractivity contribution in [3.8, 4) is 0 Å². The van der Waals surface area contributed by atoms with Gasteiger partial charge in [0.25, 0.3) is 0 Å². The number of aromatic nitrogens is 2. The van der Waals surface area contributed by atoms with Crippen molar-refractivity contribution in [2.45, 2.75) is 51.2 Å². The number of hydrogen-bond acceptors (Lipinski definition) is 4. The highest BCUT2D eigenvalue weighted by atomic mass is 16.5. The summed E-state index contributed by atoms with van der Waals surface area (Å²) >= 11 is 0. The number of fused-ring (bicyclic) bond motifs is 1. The van der Waals surface area contributed by atoms with E-state index in [-0.39, 0.29) is 0 Å². The predicted molar refractivity (Wildman–Crippen MR) is 90.3 cm³/mol. The van der Waals surface area contributed by atoms with Crippen LogP contribution in [0.15, 0.2) is 12.3 Å². The first-order valence-corrected chi connectivity index (χ1v) is 9.43. The van der Waals surface area contributed by atoms with Crippen molar-refractivity contribution in [3.63, 3.8) is 0 Å². The zero-order valence-electron chi connectivity index (χ0n) is 14.2. The molecule has 5 nitrogen and oxygen atoms in total. The van der Waals surface area contributed by atoms with Crippen LogP contribution in [0.2, 0.25) is 0 Å². The maximum Gasteiger partial charge on any atom is 0.0524 e. The second-order valence-electron chi connectivity index (χ2n) is 7.50. The van der Waals surface area contributed by atoms with E-state index in [9.17, 15) is 0 Å². The maximum atomic E-state index is 5.57. The molecule has 128 valence electrons. The SMILES string of the molecule is c1cc2n(n1)C[C@@H](CN1CCCCC1)CN(C1CCOCC1)C2. The van der Waals surface area contributed by atoms with Crippen LogP contribution >= 0.6 is 0 Å². The fraction of sp³-hybridized carbons (Fsp3) is 0.833. The summed E-state index contributed by atoms with van der Waals surface area (Å²) in [7, 11) is 0. The second-order valence-corrected chi connectivity index (χ2v) is 7.50. The average Bonchev–Trinajstić information content (AvgIpc) is 2.95. The Morgan fingerprint density at radius 3 is 2.74 bits per heavy atom. The van der Waals surface area contributed by atoms with E-state index in [1.54, 1.807) is 0 Å². The largest absolute Gasteiger partial charge is 0.381 e. The number of ether oxygens (including phenoxy) is 1. The van der Waals surface area contributed by atoms with Gasteiger partial charge < -0.3 is 9.64 Å². The molecule has 1 aromatic rings. The smallest absolute Gasteiger partial charge is 0.0524 e. The molecule has 4 rings (SSSR count). The van der Waals surface area contributed by atoms with E-state index in [1.165, 1.54) is 64.0 Å². The van der Waals surface area contributed by atoms with Gasteiger partial charge in [-0.05, 0) is 44.8 Å². The third kappa shape index (κ3) is 3.78. The highest BCUT2D eigenvalue weighted by Gasteiger charge is 2.29. The van der Waals surface area contributed by atoms with Crippen LogP contribution < -0.4 is 0 Å². The maximum absolute atomic E-state index is 5.57. The zero-order chi connectivity index (χ0) is 15.5. The van der Waals surface area contributed by atoms with Crippen molar-refractivity contribution in [2.75, 3.05) is 39.4 Å². The molecule has 23 heavy (non-hydrogen) atoms. The Bertz CT molecular complexity index is 491. The van der Waals surface area contributed by atoms with Gasteiger partial charge in [-0.1, -0.05) is 6.42 Å². The number of piperidine rings is 1. The number of likely N-dealkylation sites (tertiary alicyclic amines) is 1. The monoisotopic (exact) mass is 318 g/mol. The fourth-order valence-electron chi connectivity index (χ4n) is 4.52. The van der Waals surface area contributed by atoms with Crippen LogP contribution in [0.4, 0.5) is 0 Å². The minimum Gasteiger partial charge on any atom is -0.381 e. The summed E-state index contributed by atoms with van der Waals surface area (Å²) in [6, 6.07) is 2.89. The molecule has 2 saturated heterocycles. The Morgan fingerprint density at radius 1 is 1.09 bits per heavy atom. The van der Waals surface area contributed by atoms with Gasteiger partial charge in [-0.25, -0.2) is 0 Å². The van der Waals surface area contributed by atoms with E-state index in [0.717, 1.165) is 26.3 Å². The summed E-state index contributed by atoms with van der Waals surface area (Å²) in [5.41, 5.74) is 1.39. The lowest BCUT2D eigenvalue weighted by Crippen LogP contribution is -2.44.